The normalized spacial score (nSPS) is 16.2. The van der Waals surface area contributed by atoms with Gasteiger partial charge in [0, 0.05) is 19.3 Å². The van der Waals surface area contributed by atoms with Crippen LogP contribution in [0.5, 0.6) is 0 Å². The molecule has 4 heterocycles. The van der Waals surface area contributed by atoms with Gasteiger partial charge in [-0.1, -0.05) is 6.08 Å². The lowest BCUT2D eigenvalue weighted by Gasteiger charge is -2.17. The van der Waals surface area contributed by atoms with Crippen molar-refractivity contribution >= 4 is 17.1 Å². The number of nitrogens with zero attached hydrogens (tertiary/aromatic N) is 2. The minimum Gasteiger partial charge on any atom is -0.472 e. The van der Waals surface area contributed by atoms with Gasteiger partial charge in [-0.2, -0.15) is 0 Å². The molecule has 0 fully saturated rings. The molecule has 8 nitrogen and oxygen atoms in total. The molecule has 1 aliphatic rings. The van der Waals surface area contributed by atoms with Crippen molar-refractivity contribution in [1.29, 1.82) is 0 Å². The van der Waals surface area contributed by atoms with Crippen LogP contribution < -0.4 is 16.4 Å². The fraction of sp³-hybridized carbons (Fsp3) is 0.211. The van der Waals surface area contributed by atoms with Crippen molar-refractivity contribution in [2.75, 3.05) is 13.1 Å². The summed E-state index contributed by atoms with van der Waals surface area (Å²) in [5, 5.41) is 6.12. The molecule has 0 bridgehead atoms. The summed E-state index contributed by atoms with van der Waals surface area (Å²) in [6, 6.07) is 3.63. The Morgan fingerprint density at radius 2 is 2.30 bits per heavy atom. The summed E-state index contributed by atoms with van der Waals surface area (Å²) >= 11 is 0. The highest BCUT2D eigenvalue weighted by Gasteiger charge is 2.15. The number of imidazole rings is 1. The van der Waals surface area contributed by atoms with Crippen molar-refractivity contribution in [2.45, 2.75) is 12.5 Å². The highest BCUT2D eigenvalue weighted by molar-refractivity contribution is 6.04. The Kier molecular flexibility index (Phi) is 4.71. The number of furan rings is 1. The molecule has 3 aromatic heterocycles. The number of carbonyl (C=O) groups excluding carboxylic acids is 1. The average Bonchev–Trinajstić information content (AvgIpc) is 3.37. The van der Waals surface area contributed by atoms with E-state index in [1.54, 1.807) is 30.9 Å². The number of hydrogen-bond donors (Lipinski definition) is 4. The number of rotatable bonds is 6. The van der Waals surface area contributed by atoms with Crippen LogP contribution in [-0.4, -0.2) is 40.0 Å². The molecule has 1 amide bonds. The van der Waals surface area contributed by atoms with Gasteiger partial charge in [0.15, 0.2) is 5.65 Å². The third-order valence-electron chi connectivity index (χ3n) is 4.41. The second-order valence-electron chi connectivity index (χ2n) is 6.24. The Bertz CT molecular complexity index is 1000. The van der Waals surface area contributed by atoms with Crippen LogP contribution in [0.25, 0.3) is 22.6 Å². The largest absolute Gasteiger partial charge is 0.472 e. The van der Waals surface area contributed by atoms with Crippen molar-refractivity contribution < 1.29 is 9.21 Å². The number of nitrogens with one attached hydrogen (secondary N) is 3. The van der Waals surface area contributed by atoms with Gasteiger partial charge in [-0.05, 0) is 36.4 Å². The van der Waals surface area contributed by atoms with E-state index in [1.165, 1.54) is 0 Å². The fourth-order valence-corrected chi connectivity index (χ4v) is 3.00. The Morgan fingerprint density at radius 3 is 3.11 bits per heavy atom. The van der Waals surface area contributed by atoms with Gasteiger partial charge in [-0.25, -0.2) is 9.97 Å². The summed E-state index contributed by atoms with van der Waals surface area (Å²) in [6.45, 7) is 1.06. The van der Waals surface area contributed by atoms with Gasteiger partial charge in [0.2, 0.25) is 0 Å². The number of pyridine rings is 1. The first-order valence-electron chi connectivity index (χ1n) is 8.73. The Hall–Kier alpha value is -3.39. The smallest absolute Gasteiger partial charge is 0.253 e. The summed E-state index contributed by atoms with van der Waals surface area (Å²) < 4.78 is 5.09. The van der Waals surface area contributed by atoms with Crippen molar-refractivity contribution in [3.05, 3.63) is 60.3 Å². The number of nitrogens with two attached hydrogens (primary N) is 1. The topological polar surface area (TPSA) is 122 Å². The van der Waals surface area contributed by atoms with Crippen LogP contribution in [0, 0.1) is 0 Å². The number of allylic oxidation sites excluding steroid dienone is 1. The number of dihydropyridines is 1. The number of aromatic amines is 1. The number of H-pyrrole nitrogens is 1. The molecule has 0 aliphatic carbocycles. The minimum absolute atomic E-state index is 0.145. The summed E-state index contributed by atoms with van der Waals surface area (Å²) in [6.07, 6.45) is 11.5. The predicted molar refractivity (Wildman–Crippen MR) is 102 cm³/mol. The highest BCUT2D eigenvalue weighted by atomic mass is 16.3. The quantitative estimate of drug-likeness (QED) is 0.528. The predicted octanol–water partition coefficient (Wildman–Crippen LogP) is 1.71. The molecule has 138 valence electrons. The van der Waals surface area contributed by atoms with Gasteiger partial charge >= 0.3 is 0 Å². The first-order chi connectivity index (χ1) is 13.2. The number of fused-ring (bicyclic) bond motifs is 1. The zero-order chi connectivity index (χ0) is 18.6. The molecular weight excluding hydrogens is 344 g/mol. The SMILES string of the molecule is NCC1C=C(CCNC(=O)c2ccnc3nc(-c4ccoc4)[nH]c23)C=CN1. The van der Waals surface area contributed by atoms with Crippen LogP contribution in [0.4, 0.5) is 0 Å². The molecule has 1 atom stereocenters. The Balaban J connectivity index is 1.46. The molecule has 0 aromatic carbocycles. The van der Waals surface area contributed by atoms with E-state index >= 15 is 0 Å². The summed E-state index contributed by atoms with van der Waals surface area (Å²) in [5.41, 5.74) is 9.24. The second-order valence-corrected chi connectivity index (χ2v) is 6.24. The number of carbonyl (C=O) groups is 1. The minimum atomic E-state index is -0.168. The van der Waals surface area contributed by atoms with Crippen LogP contribution in [0.15, 0.2) is 59.2 Å². The Labute approximate surface area is 155 Å². The lowest BCUT2D eigenvalue weighted by Crippen LogP contribution is -2.33. The maximum Gasteiger partial charge on any atom is 0.253 e. The van der Waals surface area contributed by atoms with E-state index in [9.17, 15) is 4.79 Å². The van der Waals surface area contributed by atoms with Crippen LogP contribution in [0.2, 0.25) is 0 Å². The van der Waals surface area contributed by atoms with Gasteiger partial charge in [-0.3, -0.25) is 4.79 Å². The third kappa shape index (κ3) is 3.61. The summed E-state index contributed by atoms with van der Waals surface area (Å²) in [5.74, 6) is 0.447. The zero-order valence-corrected chi connectivity index (χ0v) is 14.6. The van der Waals surface area contributed by atoms with Gasteiger partial charge in [0.25, 0.3) is 5.91 Å². The maximum atomic E-state index is 12.6. The maximum absolute atomic E-state index is 12.6. The summed E-state index contributed by atoms with van der Waals surface area (Å²) in [7, 11) is 0. The van der Waals surface area contributed by atoms with Gasteiger partial charge in [-0.15, -0.1) is 0 Å². The molecule has 1 aliphatic heterocycles. The first kappa shape index (κ1) is 17.0. The fourth-order valence-electron chi connectivity index (χ4n) is 3.00. The van der Waals surface area contributed by atoms with Crippen molar-refractivity contribution in [1.82, 2.24) is 25.6 Å². The van der Waals surface area contributed by atoms with Crippen molar-refractivity contribution in [3.63, 3.8) is 0 Å². The standard InChI is InChI=1S/C19H20N6O2/c20-10-14-9-12(1-5-21-14)2-6-23-19(26)15-3-7-22-18-16(15)24-17(25-18)13-4-8-27-11-13/h1,3-5,7-9,11,14,21H,2,6,10,20H2,(H,23,26)(H,22,24,25). The second kappa shape index (κ2) is 7.46. The molecule has 5 N–H and O–H groups in total. The third-order valence-corrected chi connectivity index (χ3v) is 4.41. The van der Waals surface area contributed by atoms with Crippen LogP contribution in [-0.2, 0) is 0 Å². The van der Waals surface area contributed by atoms with Crippen LogP contribution >= 0.6 is 0 Å². The number of amides is 1. The molecule has 0 radical (unpaired) electrons. The molecule has 0 saturated heterocycles. The number of hydrogen-bond acceptors (Lipinski definition) is 6. The average molecular weight is 364 g/mol. The summed E-state index contributed by atoms with van der Waals surface area (Å²) in [4.78, 5) is 24.5. The van der Waals surface area contributed by atoms with E-state index in [0.29, 0.717) is 35.6 Å². The zero-order valence-electron chi connectivity index (χ0n) is 14.6. The Morgan fingerprint density at radius 1 is 1.37 bits per heavy atom. The molecule has 0 saturated carbocycles. The number of aromatic nitrogens is 3. The van der Waals surface area contributed by atoms with Crippen LogP contribution in [0.1, 0.15) is 16.8 Å². The van der Waals surface area contributed by atoms with E-state index in [0.717, 1.165) is 17.6 Å². The van der Waals surface area contributed by atoms with Crippen molar-refractivity contribution in [2.24, 2.45) is 5.73 Å². The lowest BCUT2D eigenvalue weighted by molar-refractivity contribution is 0.0955. The van der Waals surface area contributed by atoms with Gasteiger partial charge in [0.1, 0.15) is 12.1 Å². The van der Waals surface area contributed by atoms with E-state index in [-0.39, 0.29) is 11.9 Å². The van der Waals surface area contributed by atoms with E-state index < -0.39 is 0 Å². The lowest BCUT2D eigenvalue weighted by atomic mass is 10.1. The van der Waals surface area contributed by atoms with Crippen molar-refractivity contribution in [3.8, 4) is 11.4 Å². The van der Waals surface area contributed by atoms with E-state index in [2.05, 4.69) is 31.7 Å². The molecule has 8 heteroatoms. The van der Waals surface area contributed by atoms with Gasteiger partial charge in [0.05, 0.1) is 28.9 Å². The van der Waals surface area contributed by atoms with Gasteiger partial charge < -0.3 is 25.8 Å². The molecule has 4 rings (SSSR count). The highest BCUT2D eigenvalue weighted by Crippen LogP contribution is 2.21. The first-order valence-corrected chi connectivity index (χ1v) is 8.73. The molecule has 27 heavy (non-hydrogen) atoms. The molecule has 1 unspecified atom stereocenters. The molecular formula is C19H20N6O2. The van der Waals surface area contributed by atoms with E-state index in [4.69, 9.17) is 10.2 Å². The van der Waals surface area contributed by atoms with Crippen LogP contribution in [0.3, 0.4) is 0 Å². The van der Waals surface area contributed by atoms with E-state index in [1.807, 2.05) is 12.3 Å². The molecule has 3 aromatic rings. The molecule has 0 spiro atoms. The monoisotopic (exact) mass is 364 g/mol.